The number of alkyl halides is 1. The Labute approximate surface area is 198 Å². The van der Waals surface area contributed by atoms with Crippen molar-refractivity contribution in [1.29, 1.82) is 0 Å². The average Bonchev–Trinajstić information content (AvgIpc) is 2.78. The molecule has 1 atom stereocenters. The second-order valence-electron chi connectivity index (χ2n) is 8.14. The molecule has 1 aromatic carbocycles. The molecule has 0 radical (unpaired) electrons. The summed E-state index contributed by atoms with van der Waals surface area (Å²) < 4.78 is 20.6. The van der Waals surface area contributed by atoms with Gasteiger partial charge in [-0.25, -0.2) is 19.2 Å². The van der Waals surface area contributed by atoms with Gasteiger partial charge in [0.25, 0.3) is 5.56 Å². The third-order valence-corrected chi connectivity index (χ3v) is 5.79. The molecule has 3 heterocycles. The number of halogens is 2. The van der Waals surface area contributed by atoms with Crippen LogP contribution in [0.15, 0.2) is 39.9 Å². The molecule has 0 saturated carbocycles. The number of benzene rings is 1. The molecule has 1 aliphatic rings. The minimum atomic E-state index is -0.996. The van der Waals surface area contributed by atoms with E-state index < -0.39 is 12.3 Å². The summed E-state index contributed by atoms with van der Waals surface area (Å²) in [6.07, 6.45) is 1.16. The zero-order chi connectivity index (χ0) is 23.5. The van der Waals surface area contributed by atoms with Crippen molar-refractivity contribution in [3.63, 3.8) is 0 Å². The van der Waals surface area contributed by atoms with E-state index in [9.17, 15) is 14.0 Å². The third-order valence-electron chi connectivity index (χ3n) is 5.28. The van der Waals surface area contributed by atoms with Crippen molar-refractivity contribution in [2.24, 2.45) is 0 Å². The van der Waals surface area contributed by atoms with Crippen LogP contribution in [0.4, 0.5) is 20.8 Å². The van der Waals surface area contributed by atoms with Gasteiger partial charge in [0.1, 0.15) is 18.3 Å². The van der Waals surface area contributed by atoms with E-state index in [0.29, 0.717) is 42.2 Å². The lowest BCUT2D eigenvalue weighted by Gasteiger charge is -2.28. The fourth-order valence-electron chi connectivity index (χ4n) is 3.71. The molecule has 4 rings (SSSR count). The zero-order valence-corrected chi connectivity index (χ0v) is 19.9. The Morgan fingerprint density at radius 2 is 2.18 bits per heavy atom. The largest absolute Gasteiger partial charge is 0.445 e. The lowest BCUT2D eigenvalue weighted by molar-refractivity contribution is 0.0718. The molecule has 1 fully saturated rings. The third kappa shape index (κ3) is 5.29. The summed E-state index contributed by atoms with van der Waals surface area (Å²) in [5, 5.41) is 3.12. The van der Waals surface area contributed by atoms with Gasteiger partial charge in [0.05, 0.1) is 12.7 Å². The summed E-state index contributed by atoms with van der Waals surface area (Å²) in [7, 11) is 0. The van der Waals surface area contributed by atoms with Crippen LogP contribution in [0.1, 0.15) is 38.3 Å². The van der Waals surface area contributed by atoms with Gasteiger partial charge >= 0.3 is 6.09 Å². The summed E-state index contributed by atoms with van der Waals surface area (Å²) in [4.78, 5) is 39.1. The van der Waals surface area contributed by atoms with Crippen LogP contribution in [0.25, 0.3) is 11.2 Å². The first kappa shape index (κ1) is 23.1. The first-order chi connectivity index (χ1) is 15.8. The number of nitrogens with one attached hydrogen (secondary N) is 1. The fourth-order valence-corrected chi connectivity index (χ4v) is 4.09. The minimum Gasteiger partial charge on any atom is -0.445 e. The van der Waals surface area contributed by atoms with E-state index in [0.717, 1.165) is 5.56 Å². The molecular formula is C22H24BrFN6O3. The summed E-state index contributed by atoms with van der Waals surface area (Å²) in [6, 6.07) is 7.16. The van der Waals surface area contributed by atoms with E-state index in [2.05, 4.69) is 36.2 Å². The van der Waals surface area contributed by atoms with Crippen molar-refractivity contribution >= 4 is 44.8 Å². The standard InChI is InChI=1S/C22H24BrFN6O3/c1-13(2)30-19-17(27-18(23)20(30)31)10-25-21(28-19)26-16-7-3-5-14(9-16)12-33-22(32)29-8-4-6-15(24)11-29/h3,5,7,9-10,13,15H,4,6,8,11-12H2,1-2H3,(H,25,26,28)/t15-/m0/s1. The van der Waals surface area contributed by atoms with Crippen LogP contribution < -0.4 is 10.9 Å². The lowest BCUT2D eigenvalue weighted by Crippen LogP contribution is -2.40. The van der Waals surface area contributed by atoms with E-state index in [1.54, 1.807) is 10.8 Å². The highest BCUT2D eigenvalue weighted by Gasteiger charge is 2.24. The van der Waals surface area contributed by atoms with Crippen molar-refractivity contribution in [2.45, 2.75) is 45.5 Å². The van der Waals surface area contributed by atoms with Gasteiger partial charge in [-0.2, -0.15) is 4.98 Å². The molecule has 0 spiro atoms. The molecule has 9 nitrogen and oxygen atoms in total. The molecule has 0 bridgehead atoms. The van der Waals surface area contributed by atoms with Crippen LogP contribution in [0.2, 0.25) is 0 Å². The van der Waals surface area contributed by atoms with Crippen LogP contribution in [0, 0.1) is 0 Å². The monoisotopic (exact) mass is 518 g/mol. The molecule has 3 aromatic rings. The van der Waals surface area contributed by atoms with Crippen LogP contribution >= 0.6 is 15.9 Å². The number of hydrogen-bond donors (Lipinski definition) is 1. The van der Waals surface area contributed by atoms with Gasteiger partial charge in [0.15, 0.2) is 10.3 Å². The van der Waals surface area contributed by atoms with Crippen LogP contribution in [0.5, 0.6) is 0 Å². The maximum atomic E-state index is 13.5. The van der Waals surface area contributed by atoms with E-state index in [1.165, 1.54) is 4.90 Å². The maximum Gasteiger partial charge on any atom is 0.410 e. The van der Waals surface area contributed by atoms with Gasteiger partial charge in [0, 0.05) is 18.3 Å². The van der Waals surface area contributed by atoms with E-state index in [-0.39, 0.29) is 29.4 Å². The number of carbonyl (C=O) groups is 1. The Balaban J connectivity index is 1.49. The van der Waals surface area contributed by atoms with Crippen molar-refractivity contribution < 1.29 is 13.9 Å². The Kier molecular flexibility index (Phi) is 6.87. The number of amides is 1. The van der Waals surface area contributed by atoms with Crippen molar-refractivity contribution in [2.75, 3.05) is 18.4 Å². The van der Waals surface area contributed by atoms with E-state index in [1.807, 2.05) is 38.1 Å². The normalized spacial score (nSPS) is 16.3. The smallest absolute Gasteiger partial charge is 0.410 e. The summed E-state index contributed by atoms with van der Waals surface area (Å²) in [5.41, 5.74) is 2.10. The quantitative estimate of drug-likeness (QED) is 0.535. The first-order valence-corrected chi connectivity index (χ1v) is 11.5. The predicted molar refractivity (Wildman–Crippen MR) is 125 cm³/mol. The number of likely N-dealkylation sites (tertiary alicyclic amines) is 1. The van der Waals surface area contributed by atoms with E-state index >= 15 is 0 Å². The van der Waals surface area contributed by atoms with Gasteiger partial charge in [0.2, 0.25) is 5.95 Å². The van der Waals surface area contributed by atoms with Crippen molar-refractivity contribution in [1.82, 2.24) is 24.4 Å². The van der Waals surface area contributed by atoms with Gasteiger partial charge in [-0.05, 0) is 60.3 Å². The number of aromatic nitrogens is 4. The number of fused-ring (bicyclic) bond motifs is 1. The molecule has 1 saturated heterocycles. The van der Waals surface area contributed by atoms with Crippen molar-refractivity contribution in [3.05, 3.63) is 51.0 Å². The second-order valence-corrected chi connectivity index (χ2v) is 8.89. The van der Waals surface area contributed by atoms with Gasteiger partial charge in [-0.3, -0.25) is 9.36 Å². The highest BCUT2D eigenvalue weighted by atomic mass is 79.9. The Hall–Kier alpha value is -3.08. The van der Waals surface area contributed by atoms with Gasteiger partial charge < -0.3 is 15.0 Å². The van der Waals surface area contributed by atoms with E-state index in [4.69, 9.17) is 4.74 Å². The molecular weight excluding hydrogens is 495 g/mol. The highest BCUT2D eigenvalue weighted by Crippen LogP contribution is 2.20. The number of ether oxygens (including phenoxy) is 1. The summed E-state index contributed by atoms with van der Waals surface area (Å²) in [6.45, 7) is 4.43. The minimum absolute atomic E-state index is 0.0607. The molecule has 1 amide bonds. The first-order valence-electron chi connectivity index (χ1n) is 10.7. The fraction of sp³-hybridized carbons (Fsp3) is 0.409. The molecule has 2 aromatic heterocycles. The average molecular weight is 519 g/mol. The Bertz CT molecular complexity index is 1230. The molecule has 0 aliphatic carbocycles. The molecule has 33 heavy (non-hydrogen) atoms. The number of anilines is 2. The molecule has 174 valence electrons. The molecule has 0 unspecified atom stereocenters. The van der Waals surface area contributed by atoms with Gasteiger partial charge in [-0.1, -0.05) is 12.1 Å². The van der Waals surface area contributed by atoms with Crippen LogP contribution in [-0.4, -0.2) is 49.8 Å². The van der Waals surface area contributed by atoms with Crippen molar-refractivity contribution in [3.8, 4) is 0 Å². The molecule has 1 aliphatic heterocycles. The Morgan fingerprint density at radius 1 is 1.36 bits per heavy atom. The molecule has 1 N–H and O–H groups in total. The highest BCUT2D eigenvalue weighted by molar-refractivity contribution is 9.10. The SMILES string of the molecule is CC(C)n1c(=O)c(Br)nc2cnc(Nc3cccc(COC(=O)N4CCC[C@H](F)C4)c3)nc21. The summed E-state index contributed by atoms with van der Waals surface area (Å²) >= 11 is 3.20. The lowest BCUT2D eigenvalue weighted by atomic mass is 10.1. The topological polar surface area (TPSA) is 102 Å². The van der Waals surface area contributed by atoms with Crippen LogP contribution in [0.3, 0.4) is 0 Å². The second kappa shape index (κ2) is 9.82. The number of piperidine rings is 1. The summed E-state index contributed by atoms with van der Waals surface area (Å²) in [5.74, 6) is 0.303. The number of rotatable bonds is 5. The Morgan fingerprint density at radius 3 is 2.94 bits per heavy atom. The molecule has 11 heteroatoms. The maximum absolute atomic E-state index is 13.5. The zero-order valence-electron chi connectivity index (χ0n) is 18.3. The number of hydrogen-bond acceptors (Lipinski definition) is 7. The van der Waals surface area contributed by atoms with Gasteiger partial charge in [-0.15, -0.1) is 0 Å². The number of carbonyl (C=O) groups excluding carboxylic acids is 1. The van der Waals surface area contributed by atoms with Crippen LogP contribution in [-0.2, 0) is 11.3 Å². The number of nitrogens with zero attached hydrogens (tertiary/aromatic N) is 5. The predicted octanol–water partition coefficient (Wildman–Crippen LogP) is 4.34.